The molecule has 7 nitrogen and oxygen atoms in total. The molecule has 0 bridgehead atoms. The molecule has 3 aromatic rings. The number of nitrogens with zero attached hydrogens (tertiary/aromatic N) is 3. The van der Waals surface area contributed by atoms with Gasteiger partial charge in [-0.25, -0.2) is 14.2 Å². The average Bonchev–Trinajstić information content (AvgIpc) is 2.80. The number of anilines is 1. The molecule has 4 rings (SSSR count). The summed E-state index contributed by atoms with van der Waals surface area (Å²) < 4.78 is 32.1. The van der Waals surface area contributed by atoms with E-state index in [1.54, 1.807) is 24.0 Å². The lowest BCUT2D eigenvalue weighted by Gasteiger charge is -2.34. The Balaban J connectivity index is 1.74. The van der Waals surface area contributed by atoms with E-state index in [1.165, 1.54) is 17.0 Å². The zero-order chi connectivity index (χ0) is 23.5. The number of hydrogen-bond donors (Lipinski definition) is 2. The van der Waals surface area contributed by atoms with Crippen LogP contribution in [0.15, 0.2) is 52.5 Å². The van der Waals surface area contributed by atoms with Gasteiger partial charge in [-0.2, -0.15) is 5.10 Å². The summed E-state index contributed by atoms with van der Waals surface area (Å²) in [5, 5.41) is 6.94. The highest BCUT2D eigenvalue weighted by Gasteiger charge is 2.27. The van der Waals surface area contributed by atoms with E-state index < -0.39 is 23.0 Å². The Hall–Kier alpha value is -3.59. The largest absolute Gasteiger partial charge is 0.364 e. The summed E-state index contributed by atoms with van der Waals surface area (Å²) in [6.45, 7) is 5.46. The summed E-state index contributed by atoms with van der Waals surface area (Å²) in [6.07, 6.45) is 2.74. The molecule has 9 heteroatoms. The molecule has 0 radical (unpaired) electrons. The summed E-state index contributed by atoms with van der Waals surface area (Å²) in [5.41, 5.74) is 1.92. The molecule has 1 atom stereocenters. The van der Waals surface area contributed by atoms with Crippen molar-refractivity contribution in [3.63, 3.8) is 0 Å². The molecule has 1 fully saturated rings. The molecule has 1 unspecified atom stereocenters. The molecule has 33 heavy (non-hydrogen) atoms. The van der Waals surface area contributed by atoms with Crippen molar-refractivity contribution in [2.45, 2.75) is 26.4 Å². The van der Waals surface area contributed by atoms with E-state index >= 15 is 8.78 Å². The SMILES string of the molecule is CCn1cc(C(=O)N/N=C/c2ccccc2)c(=O)c2cc(F)c(N3CCNC(C)C3)c(F)c21. The molecule has 1 aromatic heterocycles. The van der Waals surface area contributed by atoms with E-state index in [4.69, 9.17) is 0 Å². The Morgan fingerprint density at radius 3 is 2.76 bits per heavy atom. The van der Waals surface area contributed by atoms with Gasteiger partial charge in [-0.15, -0.1) is 0 Å². The molecule has 0 saturated carbocycles. The number of benzene rings is 2. The second kappa shape index (κ2) is 9.50. The van der Waals surface area contributed by atoms with Crippen LogP contribution in [0.5, 0.6) is 0 Å². The number of rotatable bonds is 5. The minimum absolute atomic E-state index is 0.0191. The number of nitrogens with one attached hydrogen (secondary N) is 2. The van der Waals surface area contributed by atoms with E-state index in [-0.39, 0.29) is 34.7 Å². The van der Waals surface area contributed by atoms with Crippen molar-refractivity contribution >= 4 is 28.7 Å². The Morgan fingerprint density at radius 2 is 2.06 bits per heavy atom. The molecule has 1 aliphatic rings. The molecule has 1 aliphatic heterocycles. The molecule has 2 N–H and O–H groups in total. The van der Waals surface area contributed by atoms with Crippen LogP contribution in [0.3, 0.4) is 0 Å². The van der Waals surface area contributed by atoms with Gasteiger partial charge in [0.05, 0.1) is 17.1 Å². The standard InChI is InChI=1S/C24H25F2N5O2/c1-3-30-14-18(24(33)29-28-12-16-7-5-4-6-8-16)23(32)17-11-19(25)22(20(26)21(17)30)31-10-9-27-15(2)13-31/h4-8,11-12,14-15,27H,3,9-10,13H2,1-2H3,(H,29,33)/b28-12+. The minimum Gasteiger partial charge on any atom is -0.364 e. The van der Waals surface area contributed by atoms with Gasteiger partial charge in [0.25, 0.3) is 5.91 Å². The summed E-state index contributed by atoms with van der Waals surface area (Å²) in [4.78, 5) is 27.3. The summed E-state index contributed by atoms with van der Waals surface area (Å²) >= 11 is 0. The Bertz CT molecular complexity index is 1270. The fraction of sp³-hybridized carbons (Fsp3) is 0.292. The molecule has 0 aliphatic carbocycles. The monoisotopic (exact) mass is 453 g/mol. The predicted molar refractivity (Wildman–Crippen MR) is 125 cm³/mol. The lowest BCUT2D eigenvalue weighted by atomic mass is 10.1. The predicted octanol–water partition coefficient (Wildman–Crippen LogP) is 2.86. The van der Waals surface area contributed by atoms with Gasteiger partial charge in [-0.05, 0) is 25.5 Å². The van der Waals surface area contributed by atoms with Crippen molar-refractivity contribution in [1.29, 1.82) is 0 Å². The van der Waals surface area contributed by atoms with Crippen LogP contribution in [-0.4, -0.2) is 42.4 Å². The zero-order valence-corrected chi connectivity index (χ0v) is 18.4. The molecule has 172 valence electrons. The van der Waals surface area contributed by atoms with Crippen LogP contribution in [0.4, 0.5) is 14.5 Å². The van der Waals surface area contributed by atoms with Gasteiger partial charge >= 0.3 is 0 Å². The number of halogens is 2. The van der Waals surface area contributed by atoms with Crippen LogP contribution in [0.25, 0.3) is 10.9 Å². The van der Waals surface area contributed by atoms with Crippen molar-refractivity contribution in [2.24, 2.45) is 5.10 Å². The molecular formula is C24H25F2N5O2. The molecule has 2 aromatic carbocycles. The number of hydrogen-bond acceptors (Lipinski definition) is 5. The van der Waals surface area contributed by atoms with Gasteiger partial charge in [-0.1, -0.05) is 30.3 Å². The summed E-state index contributed by atoms with van der Waals surface area (Å²) in [6, 6.07) is 10.2. The number of hydrazone groups is 1. The summed E-state index contributed by atoms with van der Waals surface area (Å²) in [5.74, 6) is -2.38. The Morgan fingerprint density at radius 1 is 1.30 bits per heavy atom. The van der Waals surface area contributed by atoms with Crippen LogP contribution < -0.4 is 21.1 Å². The van der Waals surface area contributed by atoms with Crippen molar-refractivity contribution in [3.05, 3.63) is 75.6 Å². The molecule has 1 saturated heterocycles. The van der Waals surface area contributed by atoms with Crippen molar-refractivity contribution < 1.29 is 13.6 Å². The lowest BCUT2D eigenvalue weighted by molar-refractivity contribution is 0.0953. The van der Waals surface area contributed by atoms with E-state index in [0.29, 0.717) is 19.6 Å². The van der Waals surface area contributed by atoms with E-state index in [0.717, 1.165) is 11.6 Å². The van der Waals surface area contributed by atoms with Crippen molar-refractivity contribution in [2.75, 3.05) is 24.5 Å². The first-order valence-electron chi connectivity index (χ1n) is 10.8. The number of aromatic nitrogens is 1. The summed E-state index contributed by atoms with van der Waals surface area (Å²) in [7, 11) is 0. The van der Waals surface area contributed by atoms with Crippen LogP contribution in [0, 0.1) is 11.6 Å². The third-order valence-corrected chi connectivity index (χ3v) is 5.68. The number of pyridine rings is 1. The van der Waals surface area contributed by atoms with Crippen LogP contribution >= 0.6 is 0 Å². The van der Waals surface area contributed by atoms with Gasteiger partial charge in [0.1, 0.15) is 17.1 Å². The second-order valence-electron chi connectivity index (χ2n) is 7.99. The third-order valence-electron chi connectivity index (χ3n) is 5.68. The third kappa shape index (κ3) is 4.49. The Labute approximate surface area is 189 Å². The average molecular weight is 453 g/mol. The van der Waals surface area contributed by atoms with E-state index in [9.17, 15) is 9.59 Å². The van der Waals surface area contributed by atoms with Gasteiger partial charge in [0.2, 0.25) is 5.43 Å². The van der Waals surface area contributed by atoms with Crippen LogP contribution in [-0.2, 0) is 6.54 Å². The fourth-order valence-corrected chi connectivity index (χ4v) is 4.08. The van der Waals surface area contributed by atoms with Gasteiger partial charge in [0, 0.05) is 38.4 Å². The first kappa shape index (κ1) is 22.6. The molecule has 1 amide bonds. The fourth-order valence-electron chi connectivity index (χ4n) is 4.08. The Kier molecular flexibility index (Phi) is 6.50. The second-order valence-corrected chi connectivity index (χ2v) is 7.99. The van der Waals surface area contributed by atoms with E-state index in [2.05, 4.69) is 15.8 Å². The lowest BCUT2D eigenvalue weighted by Crippen LogP contribution is -2.49. The quantitative estimate of drug-likeness (QED) is 0.460. The number of fused-ring (bicyclic) bond motifs is 1. The smallest absolute Gasteiger partial charge is 0.276 e. The maximum Gasteiger partial charge on any atom is 0.276 e. The van der Waals surface area contributed by atoms with Crippen LogP contribution in [0.1, 0.15) is 29.8 Å². The van der Waals surface area contributed by atoms with Gasteiger partial charge in [-0.3, -0.25) is 9.59 Å². The van der Waals surface area contributed by atoms with E-state index in [1.807, 2.05) is 25.1 Å². The van der Waals surface area contributed by atoms with Crippen molar-refractivity contribution in [1.82, 2.24) is 15.3 Å². The molecule has 0 spiro atoms. The first-order valence-corrected chi connectivity index (χ1v) is 10.8. The maximum absolute atomic E-state index is 15.6. The zero-order valence-electron chi connectivity index (χ0n) is 18.4. The number of piperazine rings is 1. The molecule has 2 heterocycles. The maximum atomic E-state index is 15.6. The number of amides is 1. The number of carbonyl (C=O) groups is 1. The first-order chi connectivity index (χ1) is 15.9. The van der Waals surface area contributed by atoms with Gasteiger partial charge < -0.3 is 14.8 Å². The molecular weight excluding hydrogens is 428 g/mol. The highest BCUT2D eigenvalue weighted by Crippen LogP contribution is 2.30. The number of aryl methyl sites for hydroxylation is 1. The van der Waals surface area contributed by atoms with Crippen molar-refractivity contribution in [3.8, 4) is 0 Å². The minimum atomic E-state index is -0.825. The number of carbonyl (C=O) groups excluding carboxylic acids is 1. The van der Waals surface area contributed by atoms with Gasteiger partial charge in [0.15, 0.2) is 5.82 Å². The topological polar surface area (TPSA) is 78.7 Å². The highest BCUT2D eigenvalue weighted by molar-refractivity contribution is 5.98. The highest BCUT2D eigenvalue weighted by atomic mass is 19.1. The van der Waals surface area contributed by atoms with Crippen LogP contribution in [0.2, 0.25) is 0 Å². The normalized spacial score (nSPS) is 16.5.